The van der Waals surface area contributed by atoms with E-state index in [9.17, 15) is 4.79 Å². The molecule has 0 unspecified atom stereocenters. The Balaban J connectivity index is 3.13. The summed E-state index contributed by atoms with van der Waals surface area (Å²) < 4.78 is 0. The molecule has 2 nitrogen and oxygen atoms in total. The quantitative estimate of drug-likeness (QED) is 0.467. The predicted molar refractivity (Wildman–Crippen MR) is 29.4 cm³/mol. The van der Waals surface area contributed by atoms with Gasteiger partial charge in [-0.05, 0) is 13.8 Å². The average molecular weight is 96.9 g/mol. The van der Waals surface area contributed by atoms with Crippen molar-refractivity contribution in [3.8, 4) is 0 Å². The molecule has 3 heteroatoms. The molecular weight excluding hydrogens is 88.9 g/mol. The Bertz CT molecular complexity index is 72.1. The van der Waals surface area contributed by atoms with Gasteiger partial charge in [-0.1, -0.05) is 0 Å². The molecule has 0 aliphatic heterocycles. The molecule has 1 amide bonds. The monoisotopic (exact) mass is 97.1 g/mol. The zero-order valence-corrected chi connectivity index (χ0v) is 4.56. The van der Waals surface area contributed by atoms with Crippen molar-refractivity contribution in [1.82, 2.24) is 5.32 Å². The van der Waals surface area contributed by atoms with Crippen LogP contribution in [0.4, 0.5) is 4.79 Å². The highest BCUT2D eigenvalue weighted by Gasteiger charge is 1.90. The lowest BCUT2D eigenvalue weighted by molar-refractivity contribution is 0.257. The molecule has 0 aromatic heterocycles. The normalized spacial score (nSPS) is 9.00. The van der Waals surface area contributed by atoms with Crippen LogP contribution < -0.4 is 5.32 Å². The fourth-order valence-corrected chi connectivity index (χ4v) is 0.285. The summed E-state index contributed by atoms with van der Waals surface area (Å²) in [5.41, 5.74) is 0. The van der Waals surface area contributed by atoms with E-state index in [4.69, 9.17) is 7.85 Å². The second-order valence-electron chi connectivity index (χ2n) is 1.66. The molecule has 0 atom stereocenters. The average Bonchev–Trinajstić information content (AvgIpc) is 1.27. The Morgan fingerprint density at radius 2 is 2.14 bits per heavy atom. The minimum Gasteiger partial charge on any atom is -0.364 e. The zero-order chi connectivity index (χ0) is 5.86. The molecule has 0 aromatic carbocycles. The number of carbonyl (C=O) groups is 1. The van der Waals surface area contributed by atoms with Crippen LogP contribution in [0, 0.1) is 0 Å². The predicted octanol–water partition coefficient (Wildman–Crippen LogP) is 0.273. The van der Waals surface area contributed by atoms with E-state index >= 15 is 0 Å². The second-order valence-corrected chi connectivity index (χ2v) is 1.66. The van der Waals surface area contributed by atoms with Crippen molar-refractivity contribution >= 4 is 13.7 Å². The van der Waals surface area contributed by atoms with Gasteiger partial charge in [-0.2, -0.15) is 0 Å². The van der Waals surface area contributed by atoms with Crippen LogP contribution in [0.1, 0.15) is 13.8 Å². The third-order valence-corrected chi connectivity index (χ3v) is 0.431. The van der Waals surface area contributed by atoms with E-state index < -0.39 is 5.81 Å². The fourth-order valence-electron chi connectivity index (χ4n) is 0.285. The minimum atomic E-state index is -0.463. The van der Waals surface area contributed by atoms with Gasteiger partial charge < -0.3 is 5.32 Å². The van der Waals surface area contributed by atoms with E-state index in [0.29, 0.717) is 0 Å². The van der Waals surface area contributed by atoms with Crippen molar-refractivity contribution in [3.05, 3.63) is 0 Å². The summed E-state index contributed by atoms with van der Waals surface area (Å²) >= 11 is 0. The van der Waals surface area contributed by atoms with Gasteiger partial charge >= 0.3 is 0 Å². The molecule has 38 valence electrons. The summed E-state index contributed by atoms with van der Waals surface area (Å²) in [6.45, 7) is 3.70. The number of nitrogens with one attached hydrogen (secondary N) is 1. The third kappa shape index (κ3) is 5.53. The summed E-state index contributed by atoms with van der Waals surface area (Å²) in [6.07, 6.45) is 0. The highest BCUT2D eigenvalue weighted by atomic mass is 16.1. The van der Waals surface area contributed by atoms with Gasteiger partial charge in [0.1, 0.15) is 0 Å². The van der Waals surface area contributed by atoms with Crippen LogP contribution >= 0.6 is 0 Å². The number of hydrogen-bond acceptors (Lipinski definition) is 1. The molecule has 0 bridgehead atoms. The van der Waals surface area contributed by atoms with Crippen LogP contribution in [0.15, 0.2) is 0 Å². The van der Waals surface area contributed by atoms with E-state index in [2.05, 4.69) is 5.32 Å². The highest BCUT2D eigenvalue weighted by Crippen LogP contribution is 1.72. The van der Waals surface area contributed by atoms with Gasteiger partial charge in [-0.3, -0.25) is 4.79 Å². The standard InChI is InChI=1S/C4H8BNO/c1-3(2)6-4(5)7/h3H,1-2H3,(H,6,7). The number of rotatable bonds is 1. The molecule has 0 heterocycles. The Morgan fingerprint density at radius 3 is 2.14 bits per heavy atom. The molecule has 1 N–H and O–H groups in total. The van der Waals surface area contributed by atoms with Gasteiger partial charge in [-0.25, -0.2) is 0 Å². The number of carbonyl (C=O) groups excluding carboxylic acids is 1. The molecule has 0 saturated heterocycles. The lowest BCUT2D eigenvalue weighted by Gasteiger charge is -2.02. The lowest BCUT2D eigenvalue weighted by Crippen LogP contribution is -2.28. The molecule has 0 aliphatic rings. The van der Waals surface area contributed by atoms with Crippen LogP contribution in [0.5, 0.6) is 0 Å². The summed E-state index contributed by atoms with van der Waals surface area (Å²) in [7, 11) is 4.74. The SMILES string of the molecule is [B]C(=O)NC(C)C. The van der Waals surface area contributed by atoms with Crippen LogP contribution in [0.3, 0.4) is 0 Å². The Hall–Kier alpha value is -0.465. The fraction of sp³-hybridized carbons (Fsp3) is 0.750. The van der Waals surface area contributed by atoms with E-state index in [0.717, 1.165) is 0 Å². The summed E-state index contributed by atoms with van der Waals surface area (Å²) in [5, 5.41) is 2.44. The molecule has 0 rings (SSSR count). The summed E-state index contributed by atoms with van der Waals surface area (Å²) in [5.74, 6) is -0.463. The first-order valence-corrected chi connectivity index (χ1v) is 2.19. The Kier molecular flexibility index (Phi) is 2.49. The maximum absolute atomic E-state index is 9.92. The maximum Gasteiger partial charge on any atom is 0.200 e. The van der Waals surface area contributed by atoms with Crippen LogP contribution in [0.25, 0.3) is 0 Å². The first kappa shape index (κ1) is 6.53. The van der Waals surface area contributed by atoms with Crippen LogP contribution in [-0.4, -0.2) is 19.7 Å². The smallest absolute Gasteiger partial charge is 0.200 e. The van der Waals surface area contributed by atoms with Crippen molar-refractivity contribution in [2.24, 2.45) is 0 Å². The second kappa shape index (κ2) is 2.67. The minimum absolute atomic E-state index is 0.150. The van der Waals surface area contributed by atoms with Crippen LogP contribution in [0.2, 0.25) is 0 Å². The van der Waals surface area contributed by atoms with Gasteiger partial charge in [0.2, 0.25) is 7.85 Å². The van der Waals surface area contributed by atoms with Crippen molar-refractivity contribution < 1.29 is 4.79 Å². The van der Waals surface area contributed by atoms with Crippen LogP contribution in [-0.2, 0) is 0 Å². The molecule has 0 aliphatic carbocycles. The topological polar surface area (TPSA) is 29.1 Å². The van der Waals surface area contributed by atoms with Gasteiger partial charge in [0.15, 0.2) is 5.81 Å². The molecule has 0 fully saturated rings. The van der Waals surface area contributed by atoms with E-state index in [-0.39, 0.29) is 6.04 Å². The number of amides is 1. The third-order valence-electron chi connectivity index (χ3n) is 0.431. The van der Waals surface area contributed by atoms with E-state index in [1.54, 1.807) is 0 Å². The molecule has 0 saturated carbocycles. The number of hydrogen-bond donors (Lipinski definition) is 1. The lowest BCUT2D eigenvalue weighted by atomic mass is 10.1. The first-order chi connectivity index (χ1) is 3.13. The van der Waals surface area contributed by atoms with Gasteiger partial charge in [0.05, 0.1) is 0 Å². The van der Waals surface area contributed by atoms with Crippen molar-refractivity contribution in [2.45, 2.75) is 19.9 Å². The molecule has 7 heavy (non-hydrogen) atoms. The Labute approximate surface area is 44.7 Å². The summed E-state index contributed by atoms with van der Waals surface area (Å²) in [6, 6.07) is 0.150. The first-order valence-electron chi connectivity index (χ1n) is 2.19. The van der Waals surface area contributed by atoms with E-state index in [1.807, 2.05) is 13.8 Å². The largest absolute Gasteiger partial charge is 0.364 e. The van der Waals surface area contributed by atoms with Gasteiger partial charge in [-0.15, -0.1) is 0 Å². The molecule has 0 aromatic rings. The summed E-state index contributed by atoms with van der Waals surface area (Å²) in [4.78, 5) is 9.92. The van der Waals surface area contributed by atoms with Crippen molar-refractivity contribution in [2.75, 3.05) is 0 Å². The van der Waals surface area contributed by atoms with Gasteiger partial charge in [0, 0.05) is 6.04 Å². The van der Waals surface area contributed by atoms with Crippen molar-refractivity contribution in [1.29, 1.82) is 0 Å². The molecular formula is C4H8BNO. The Morgan fingerprint density at radius 1 is 1.71 bits per heavy atom. The zero-order valence-electron chi connectivity index (χ0n) is 4.56. The molecule has 0 spiro atoms. The molecule has 2 radical (unpaired) electrons. The van der Waals surface area contributed by atoms with E-state index in [1.165, 1.54) is 0 Å². The highest BCUT2D eigenvalue weighted by molar-refractivity contribution is 6.57. The van der Waals surface area contributed by atoms with Gasteiger partial charge in [0.25, 0.3) is 0 Å². The van der Waals surface area contributed by atoms with Crippen molar-refractivity contribution in [3.63, 3.8) is 0 Å². The maximum atomic E-state index is 9.92.